The van der Waals surface area contributed by atoms with Crippen molar-refractivity contribution in [2.75, 3.05) is 23.8 Å². The number of anilines is 2. The Kier molecular flexibility index (Phi) is 7.05. The van der Waals surface area contributed by atoms with Gasteiger partial charge in [-0.25, -0.2) is 4.79 Å². The van der Waals surface area contributed by atoms with Crippen LogP contribution < -0.4 is 15.4 Å². The molecule has 1 aliphatic heterocycles. The number of para-hydroxylation sites is 2. The average molecular weight is 487 g/mol. The van der Waals surface area contributed by atoms with Crippen LogP contribution >= 0.6 is 0 Å². The molecule has 0 aromatic heterocycles. The predicted octanol–water partition coefficient (Wildman–Crippen LogP) is 3.71. The molecule has 182 valence electrons. The summed E-state index contributed by atoms with van der Waals surface area (Å²) in [6, 6.07) is 18.7. The van der Waals surface area contributed by atoms with Gasteiger partial charge in [0.2, 0.25) is 5.91 Å². The number of ether oxygens (including phenoxy) is 2. The van der Waals surface area contributed by atoms with Crippen LogP contribution in [0.3, 0.4) is 0 Å². The van der Waals surface area contributed by atoms with Crippen molar-refractivity contribution in [3.63, 3.8) is 0 Å². The number of nitrogens with one attached hydrogen (secondary N) is 2. The maximum Gasteiger partial charge on any atom is 0.513 e. The minimum atomic E-state index is -0.847. The van der Waals surface area contributed by atoms with Gasteiger partial charge in [-0.3, -0.25) is 24.1 Å². The lowest BCUT2D eigenvalue weighted by molar-refractivity contribution is -0.116. The van der Waals surface area contributed by atoms with Crippen LogP contribution in [0.1, 0.15) is 38.0 Å². The number of fused-ring (bicyclic) bond motifs is 1. The van der Waals surface area contributed by atoms with E-state index in [0.717, 1.165) is 4.90 Å². The highest BCUT2D eigenvalue weighted by atomic mass is 16.7. The van der Waals surface area contributed by atoms with Gasteiger partial charge in [-0.2, -0.15) is 0 Å². The van der Waals surface area contributed by atoms with Crippen LogP contribution in [0.2, 0.25) is 0 Å². The zero-order chi connectivity index (χ0) is 25.7. The molecule has 10 heteroatoms. The fourth-order valence-electron chi connectivity index (χ4n) is 3.53. The summed E-state index contributed by atoms with van der Waals surface area (Å²) in [5.41, 5.74) is 1.38. The highest BCUT2D eigenvalue weighted by molar-refractivity contribution is 6.22. The molecule has 36 heavy (non-hydrogen) atoms. The Morgan fingerprint density at radius 1 is 0.778 bits per heavy atom. The van der Waals surface area contributed by atoms with Gasteiger partial charge in [-0.1, -0.05) is 24.3 Å². The van der Waals surface area contributed by atoms with Crippen LogP contribution in [-0.2, 0) is 9.53 Å². The van der Waals surface area contributed by atoms with Gasteiger partial charge in [-0.15, -0.1) is 0 Å². The Hall–Kier alpha value is -4.99. The zero-order valence-corrected chi connectivity index (χ0v) is 19.1. The third kappa shape index (κ3) is 5.22. The number of amides is 4. The first-order valence-corrected chi connectivity index (χ1v) is 11.0. The van der Waals surface area contributed by atoms with E-state index in [-0.39, 0.29) is 34.7 Å². The highest BCUT2D eigenvalue weighted by Gasteiger charge is 2.36. The first kappa shape index (κ1) is 24.1. The lowest BCUT2D eigenvalue weighted by Gasteiger charge is -2.16. The largest absolute Gasteiger partial charge is 0.513 e. The summed E-state index contributed by atoms with van der Waals surface area (Å²) in [6.07, 6.45) is -0.847. The molecule has 0 fully saturated rings. The maximum absolute atomic E-state index is 12.7. The molecule has 1 aliphatic rings. The fourth-order valence-corrected chi connectivity index (χ4v) is 3.53. The number of rotatable bonds is 7. The van der Waals surface area contributed by atoms with Crippen molar-refractivity contribution in [3.8, 4) is 5.75 Å². The maximum atomic E-state index is 12.7. The SMILES string of the molecule is CCOC(=O)Oc1ccc(C(=O)Nc2ccccc2NC(=O)CN2C(=O)c3ccccc3C2=O)cc1. The van der Waals surface area contributed by atoms with Gasteiger partial charge in [-0.05, 0) is 55.5 Å². The van der Waals surface area contributed by atoms with Gasteiger partial charge >= 0.3 is 6.16 Å². The van der Waals surface area contributed by atoms with E-state index in [1.54, 1.807) is 43.3 Å². The Bertz CT molecular complexity index is 1320. The smallest absolute Gasteiger partial charge is 0.434 e. The molecule has 4 amide bonds. The second-order valence-electron chi connectivity index (χ2n) is 7.60. The van der Waals surface area contributed by atoms with Crippen LogP contribution in [0.5, 0.6) is 5.75 Å². The van der Waals surface area contributed by atoms with Gasteiger partial charge in [0.25, 0.3) is 17.7 Å². The molecule has 0 bridgehead atoms. The molecule has 0 unspecified atom stereocenters. The first-order chi connectivity index (χ1) is 17.4. The summed E-state index contributed by atoms with van der Waals surface area (Å²) in [7, 11) is 0. The van der Waals surface area contributed by atoms with Crippen molar-refractivity contribution in [2.45, 2.75) is 6.92 Å². The van der Waals surface area contributed by atoms with E-state index in [1.807, 2.05) is 0 Å². The number of carbonyl (C=O) groups excluding carboxylic acids is 5. The molecule has 0 radical (unpaired) electrons. The van der Waals surface area contributed by atoms with Crippen LogP contribution in [0.15, 0.2) is 72.8 Å². The Labute approximate surface area is 205 Å². The number of imide groups is 1. The molecule has 0 saturated heterocycles. The Morgan fingerprint density at radius 3 is 1.92 bits per heavy atom. The molecular formula is C26H21N3O7. The third-order valence-electron chi connectivity index (χ3n) is 5.21. The Morgan fingerprint density at radius 2 is 1.33 bits per heavy atom. The van der Waals surface area contributed by atoms with Gasteiger partial charge in [0, 0.05) is 5.56 Å². The van der Waals surface area contributed by atoms with E-state index in [1.165, 1.54) is 36.4 Å². The standard InChI is InChI=1S/C26H21N3O7/c1-2-35-26(34)36-17-13-11-16(12-14-17)23(31)28-21-10-6-5-9-20(21)27-22(30)15-29-24(32)18-7-3-4-8-19(18)25(29)33/h3-14H,2,15H2,1H3,(H,27,30)(H,28,31). The summed E-state index contributed by atoms with van der Waals surface area (Å²) in [5, 5.41) is 5.34. The first-order valence-electron chi connectivity index (χ1n) is 11.0. The minimum Gasteiger partial charge on any atom is -0.434 e. The summed E-state index contributed by atoms with van der Waals surface area (Å²) >= 11 is 0. The number of benzene rings is 3. The number of carbonyl (C=O) groups is 5. The molecule has 0 aliphatic carbocycles. The molecule has 10 nitrogen and oxygen atoms in total. The predicted molar refractivity (Wildman–Crippen MR) is 129 cm³/mol. The van der Waals surface area contributed by atoms with E-state index in [0.29, 0.717) is 5.69 Å². The minimum absolute atomic E-state index is 0.174. The van der Waals surface area contributed by atoms with Gasteiger partial charge in [0.05, 0.1) is 29.1 Å². The normalized spacial score (nSPS) is 12.1. The summed E-state index contributed by atoms with van der Waals surface area (Å²) in [5.74, 6) is -1.94. The molecule has 4 rings (SSSR count). The van der Waals surface area contributed by atoms with E-state index in [4.69, 9.17) is 9.47 Å². The van der Waals surface area contributed by atoms with Gasteiger partial charge in [0.15, 0.2) is 0 Å². The zero-order valence-electron chi connectivity index (χ0n) is 19.1. The molecular weight excluding hydrogens is 466 g/mol. The molecule has 0 atom stereocenters. The fraction of sp³-hybridized carbons (Fsp3) is 0.115. The molecule has 3 aromatic rings. The van der Waals surface area contributed by atoms with E-state index < -0.39 is 36.3 Å². The number of nitrogens with zero attached hydrogens (tertiary/aromatic N) is 1. The summed E-state index contributed by atoms with van der Waals surface area (Å²) < 4.78 is 9.67. The second-order valence-corrected chi connectivity index (χ2v) is 7.60. The van der Waals surface area contributed by atoms with Gasteiger partial charge in [0.1, 0.15) is 12.3 Å². The molecule has 3 aromatic carbocycles. The van der Waals surface area contributed by atoms with Crippen LogP contribution in [0.4, 0.5) is 16.2 Å². The monoisotopic (exact) mass is 487 g/mol. The van der Waals surface area contributed by atoms with Crippen molar-refractivity contribution in [1.82, 2.24) is 4.90 Å². The van der Waals surface area contributed by atoms with Crippen molar-refractivity contribution in [1.29, 1.82) is 0 Å². The van der Waals surface area contributed by atoms with Crippen molar-refractivity contribution >= 4 is 41.2 Å². The Balaban J connectivity index is 1.40. The molecule has 0 spiro atoms. The highest BCUT2D eigenvalue weighted by Crippen LogP contribution is 2.24. The van der Waals surface area contributed by atoms with Crippen molar-refractivity contribution in [2.24, 2.45) is 0 Å². The topological polar surface area (TPSA) is 131 Å². The van der Waals surface area contributed by atoms with Crippen molar-refractivity contribution in [3.05, 3.63) is 89.5 Å². The quantitative estimate of drug-likeness (QED) is 0.295. The lowest BCUT2D eigenvalue weighted by Crippen LogP contribution is -2.37. The lowest BCUT2D eigenvalue weighted by atomic mass is 10.1. The number of hydrogen-bond donors (Lipinski definition) is 2. The summed E-state index contributed by atoms with van der Waals surface area (Å²) in [6.45, 7) is 1.35. The summed E-state index contributed by atoms with van der Waals surface area (Å²) in [4.78, 5) is 62.7. The van der Waals surface area contributed by atoms with E-state index >= 15 is 0 Å². The van der Waals surface area contributed by atoms with E-state index in [2.05, 4.69) is 10.6 Å². The van der Waals surface area contributed by atoms with Crippen LogP contribution in [-0.4, -0.2) is 47.8 Å². The average Bonchev–Trinajstić information content (AvgIpc) is 3.10. The second kappa shape index (κ2) is 10.5. The third-order valence-corrected chi connectivity index (χ3v) is 5.21. The van der Waals surface area contributed by atoms with E-state index in [9.17, 15) is 24.0 Å². The van der Waals surface area contributed by atoms with Crippen LogP contribution in [0, 0.1) is 0 Å². The molecule has 1 heterocycles. The van der Waals surface area contributed by atoms with Crippen molar-refractivity contribution < 1.29 is 33.4 Å². The molecule has 0 saturated carbocycles. The van der Waals surface area contributed by atoms with Gasteiger partial charge < -0.3 is 20.1 Å². The van der Waals surface area contributed by atoms with Crippen LogP contribution in [0.25, 0.3) is 0 Å². The number of hydrogen-bond acceptors (Lipinski definition) is 7. The molecule has 2 N–H and O–H groups in total.